The monoisotopic (exact) mass is 452 g/mol. The van der Waals surface area contributed by atoms with Crippen molar-refractivity contribution in [3.8, 4) is 5.75 Å². The minimum Gasteiger partial charge on any atom is -0.484 e. The summed E-state index contributed by atoms with van der Waals surface area (Å²) >= 11 is 0.889. The van der Waals surface area contributed by atoms with Crippen LogP contribution in [0.3, 0.4) is 0 Å². The minimum absolute atomic E-state index is 0.0373. The average Bonchev–Trinajstić information content (AvgIpc) is 3.06. The number of ketones is 1. The third kappa shape index (κ3) is 6.07. The fraction of sp³-hybridized carbons (Fsp3) is 0.250. The van der Waals surface area contributed by atoms with E-state index in [1.807, 2.05) is 31.2 Å². The lowest BCUT2D eigenvalue weighted by atomic mass is 10.1. The molecule has 3 amide bonds. The van der Waals surface area contributed by atoms with E-state index >= 15 is 0 Å². The first-order valence-corrected chi connectivity index (χ1v) is 11.0. The van der Waals surface area contributed by atoms with Gasteiger partial charge < -0.3 is 10.1 Å². The number of benzene rings is 2. The van der Waals surface area contributed by atoms with Gasteiger partial charge in [0.1, 0.15) is 5.75 Å². The summed E-state index contributed by atoms with van der Waals surface area (Å²) in [6.45, 7) is 3.76. The second-order valence-electron chi connectivity index (χ2n) is 7.18. The molecule has 0 atom stereocenters. The van der Waals surface area contributed by atoms with E-state index in [0.717, 1.165) is 27.8 Å². The first-order valence-electron chi connectivity index (χ1n) is 10.2. The molecule has 0 aromatic heterocycles. The topological polar surface area (TPSA) is 92.8 Å². The van der Waals surface area contributed by atoms with Crippen molar-refractivity contribution in [2.45, 2.75) is 20.3 Å². The van der Waals surface area contributed by atoms with Gasteiger partial charge in [0, 0.05) is 25.1 Å². The van der Waals surface area contributed by atoms with Crippen LogP contribution >= 0.6 is 11.8 Å². The van der Waals surface area contributed by atoms with E-state index in [1.165, 1.54) is 0 Å². The molecule has 0 spiro atoms. The highest BCUT2D eigenvalue weighted by molar-refractivity contribution is 8.18. The third-order valence-electron chi connectivity index (χ3n) is 4.77. The number of rotatable bonds is 9. The summed E-state index contributed by atoms with van der Waals surface area (Å²) in [7, 11) is 0. The number of amides is 3. The van der Waals surface area contributed by atoms with E-state index in [1.54, 1.807) is 37.3 Å². The van der Waals surface area contributed by atoms with Crippen LogP contribution in [-0.2, 0) is 9.59 Å². The van der Waals surface area contributed by atoms with E-state index in [4.69, 9.17) is 4.74 Å². The van der Waals surface area contributed by atoms with Gasteiger partial charge in [-0.2, -0.15) is 0 Å². The number of thioether (sulfide) groups is 1. The molecule has 8 heteroatoms. The molecule has 166 valence electrons. The van der Waals surface area contributed by atoms with Crippen molar-refractivity contribution in [2.24, 2.45) is 0 Å². The van der Waals surface area contributed by atoms with Gasteiger partial charge in [-0.1, -0.05) is 36.8 Å². The Morgan fingerprint density at radius 2 is 1.75 bits per heavy atom. The van der Waals surface area contributed by atoms with E-state index in [2.05, 4.69) is 5.32 Å². The van der Waals surface area contributed by atoms with Gasteiger partial charge in [-0.25, -0.2) is 0 Å². The van der Waals surface area contributed by atoms with Crippen molar-refractivity contribution < 1.29 is 23.9 Å². The highest BCUT2D eigenvalue weighted by Gasteiger charge is 2.34. The molecule has 2 aromatic carbocycles. The van der Waals surface area contributed by atoms with Gasteiger partial charge in [0.15, 0.2) is 12.4 Å². The first kappa shape index (κ1) is 23.3. The molecule has 1 saturated heterocycles. The summed E-state index contributed by atoms with van der Waals surface area (Å²) < 4.78 is 5.41. The van der Waals surface area contributed by atoms with Crippen LogP contribution in [0.15, 0.2) is 53.4 Å². The lowest BCUT2D eigenvalue weighted by Gasteiger charge is -2.13. The number of nitrogens with zero attached hydrogens (tertiary/aromatic N) is 1. The Morgan fingerprint density at radius 3 is 2.41 bits per heavy atom. The Bertz CT molecular complexity index is 1050. The van der Waals surface area contributed by atoms with Gasteiger partial charge in [0.05, 0.1) is 4.91 Å². The molecule has 1 N–H and O–H groups in total. The zero-order chi connectivity index (χ0) is 23.1. The van der Waals surface area contributed by atoms with Crippen molar-refractivity contribution in [3.05, 3.63) is 70.1 Å². The van der Waals surface area contributed by atoms with Crippen molar-refractivity contribution in [3.63, 3.8) is 0 Å². The van der Waals surface area contributed by atoms with Gasteiger partial charge in [0.25, 0.3) is 17.1 Å². The summed E-state index contributed by atoms with van der Waals surface area (Å²) in [5.74, 6) is -0.232. The van der Waals surface area contributed by atoms with Gasteiger partial charge >= 0.3 is 0 Å². The maximum Gasteiger partial charge on any atom is 0.293 e. The van der Waals surface area contributed by atoms with Crippen molar-refractivity contribution in [1.29, 1.82) is 0 Å². The van der Waals surface area contributed by atoms with Crippen LogP contribution in [0.1, 0.15) is 34.8 Å². The van der Waals surface area contributed by atoms with E-state index in [0.29, 0.717) is 22.6 Å². The smallest absolute Gasteiger partial charge is 0.293 e. The SMILES string of the molecule is CCC(=O)c1ccc(OCC(=O)NCCN2C(=O)SC(=Cc3ccc(C)cc3)C2=O)cc1. The Labute approximate surface area is 190 Å². The molecule has 3 rings (SSSR count). The molecular formula is C24H24N2O5S. The number of ether oxygens (including phenoxy) is 1. The van der Waals surface area contributed by atoms with Crippen molar-refractivity contribution in [1.82, 2.24) is 10.2 Å². The summed E-state index contributed by atoms with van der Waals surface area (Å²) in [6.07, 6.45) is 2.11. The summed E-state index contributed by atoms with van der Waals surface area (Å²) in [5.41, 5.74) is 2.55. The Hall–Kier alpha value is -3.39. The molecule has 0 bridgehead atoms. The quantitative estimate of drug-likeness (QED) is 0.459. The zero-order valence-corrected chi connectivity index (χ0v) is 18.7. The van der Waals surface area contributed by atoms with E-state index in [9.17, 15) is 19.2 Å². The molecule has 1 aliphatic heterocycles. The Balaban J connectivity index is 1.44. The Kier molecular flexibility index (Phi) is 7.83. The molecular weight excluding hydrogens is 428 g/mol. The molecule has 1 aliphatic rings. The fourth-order valence-corrected chi connectivity index (χ4v) is 3.82. The number of nitrogens with one attached hydrogen (secondary N) is 1. The fourth-order valence-electron chi connectivity index (χ4n) is 2.96. The highest BCUT2D eigenvalue weighted by atomic mass is 32.2. The molecule has 1 heterocycles. The van der Waals surface area contributed by atoms with E-state index in [-0.39, 0.29) is 42.5 Å². The average molecular weight is 453 g/mol. The summed E-state index contributed by atoms with van der Waals surface area (Å²) in [6, 6.07) is 14.2. The van der Waals surface area contributed by atoms with Crippen molar-refractivity contribution in [2.75, 3.05) is 19.7 Å². The third-order valence-corrected chi connectivity index (χ3v) is 5.68. The molecule has 1 fully saturated rings. The number of aryl methyl sites for hydroxylation is 1. The predicted octanol–water partition coefficient (Wildman–Crippen LogP) is 3.82. The van der Waals surface area contributed by atoms with Crippen LogP contribution < -0.4 is 10.1 Å². The lowest BCUT2D eigenvalue weighted by molar-refractivity contribution is -0.125. The standard InChI is InChI=1S/C24H24N2O5S/c1-3-20(27)18-8-10-19(11-9-18)31-15-22(28)25-12-13-26-23(29)21(32-24(26)30)14-17-6-4-16(2)5-7-17/h4-11,14H,3,12-13,15H2,1-2H3,(H,25,28). The maximum atomic E-state index is 12.5. The molecule has 32 heavy (non-hydrogen) atoms. The molecule has 0 unspecified atom stereocenters. The molecule has 0 saturated carbocycles. The molecule has 0 radical (unpaired) electrons. The number of carbonyl (C=O) groups excluding carboxylic acids is 4. The number of hydrogen-bond acceptors (Lipinski definition) is 6. The summed E-state index contributed by atoms with van der Waals surface area (Å²) in [4.78, 5) is 49.8. The molecule has 0 aliphatic carbocycles. The largest absolute Gasteiger partial charge is 0.484 e. The number of Topliss-reactive ketones (excluding diaryl/α,β-unsaturated/α-hetero) is 1. The van der Waals surface area contributed by atoms with Crippen LogP contribution in [0.25, 0.3) is 6.08 Å². The maximum absolute atomic E-state index is 12.5. The lowest BCUT2D eigenvalue weighted by Crippen LogP contribution is -2.38. The Morgan fingerprint density at radius 1 is 1.06 bits per heavy atom. The van der Waals surface area contributed by atoms with Gasteiger partial charge in [-0.3, -0.25) is 24.1 Å². The number of imide groups is 1. The van der Waals surface area contributed by atoms with Crippen molar-refractivity contribution >= 4 is 40.7 Å². The van der Waals surface area contributed by atoms with Crippen LogP contribution in [0.2, 0.25) is 0 Å². The molecule has 7 nitrogen and oxygen atoms in total. The second kappa shape index (κ2) is 10.8. The first-order chi connectivity index (χ1) is 15.4. The normalized spacial score (nSPS) is 14.7. The van der Waals surface area contributed by atoms with Gasteiger partial charge in [-0.05, 0) is 54.6 Å². The molecule has 2 aromatic rings. The van der Waals surface area contributed by atoms with Crippen LogP contribution in [0.5, 0.6) is 5.75 Å². The van der Waals surface area contributed by atoms with Crippen LogP contribution in [0.4, 0.5) is 4.79 Å². The summed E-state index contributed by atoms with van der Waals surface area (Å²) in [5, 5.41) is 2.28. The second-order valence-corrected chi connectivity index (χ2v) is 8.18. The van der Waals surface area contributed by atoms with E-state index < -0.39 is 0 Å². The number of hydrogen-bond donors (Lipinski definition) is 1. The zero-order valence-electron chi connectivity index (χ0n) is 17.9. The number of carbonyl (C=O) groups is 4. The predicted molar refractivity (Wildman–Crippen MR) is 123 cm³/mol. The van der Waals surface area contributed by atoms with Crippen LogP contribution in [0, 0.1) is 6.92 Å². The minimum atomic E-state index is -0.374. The van der Waals surface area contributed by atoms with Gasteiger partial charge in [-0.15, -0.1) is 0 Å². The van der Waals surface area contributed by atoms with Crippen LogP contribution in [-0.4, -0.2) is 47.4 Å². The van der Waals surface area contributed by atoms with Gasteiger partial charge in [0.2, 0.25) is 0 Å². The highest BCUT2D eigenvalue weighted by Crippen LogP contribution is 2.31.